The number of nitrogens with zero attached hydrogens (tertiary/aromatic N) is 3. The Morgan fingerprint density at radius 2 is 2.35 bits per heavy atom. The van der Waals surface area contributed by atoms with Crippen LogP contribution in [0.15, 0.2) is 17.2 Å². The van der Waals surface area contributed by atoms with Crippen molar-refractivity contribution in [3.8, 4) is 0 Å². The second-order valence-corrected chi connectivity index (χ2v) is 5.03. The fourth-order valence-corrected chi connectivity index (χ4v) is 2.92. The fraction of sp³-hybridized carbons (Fsp3) is 0.667. The molecule has 0 saturated carbocycles. The van der Waals surface area contributed by atoms with Gasteiger partial charge in [0.25, 0.3) is 5.56 Å². The van der Waals surface area contributed by atoms with Crippen LogP contribution in [0.3, 0.4) is 0 Å². The Bertz CT molecular complexity index is 456. The van der Waals surface area contributed by atoms with Gasteiger partial charge in [0.15, 0.2) is 5.82 Å². The highest BCUT2D eigenvalue weighted by molar-refractivity contribution is 5.38. The number of aromatic nitrogens is 2. The number of rotatable bonds is 1. The molecule has 5 nitrogen and oxygen atoms in total. The van der Waals surface area contributed by atoms with Gasteiger partial charge in [-0.05, 0) is 25.3 Å². The zero-order chi connectivity index (χ0) is 11.8. The topological polar surface area (TPSA) is 50.2 Å². The molecule has 2 aliphatic heterocycles. The summed E-state index contributed by atoms with van der Waals surface area (Å²) in [4.78, 5) is 18.4. The van der Waals surface area contributed by atoms with E-state index >= 15 is 0 Å². The highest BCUT2D eigenvalue weighted by atomic mass is 16.1. The normalized spacial score (nSPS) is 28.2. The first kappa shape index (κ1) is 10.8. The number of fused-ring (bicyclic) bond motifs is 1. The molecule has 0 spiro atoms. The smallest absolute Gasteiger partial charge is 0.293 e. The highest BCUT2D eigenvalue weighted by Gasteiger charge is 2.35. The molecule has 2 aliphatic rings. The second kappa shape index (κ2) is 4.14. The maximum absolute atomic E-state index is 12.0. The van der Waals surface area contributed by atoms with Gasteiger partial charge < -0.3 is 14.8 Å². The lowest BCUT2D eigenvalue weighted by Gasteiger charge is -2.24. The first-order valence-corrected chi connectivity index (χ1v) is 6.25. The minimum atomic E-state index is 0.00569. The summed E-state index contributed by atoms with van der Waals surface area (Å²) in [7, 11) is 1.77. The molecule has 0 bridgehead atoms. The summed E-state index contributed by atoms with van der Waals surface area (Å²) in [6.07, 6.45) is 5.91. The van der Waals surface area contributed by atoms with E-state index < -0.39 is 0 Å². The van der Waals surface area contributed by atoms with E-state index in [1.165, 1.54) is 12.8 Å². The van der Waals surface area contributed by atoms with Crippen LogP contribution in [0.25, 0.3) is 0 Å². The van der Waals surface area contributed by atoms with Crippen molar-refractivity contribution in [3.05, 3.63) is 22.7 Å². The van der Waals surface area contributed by atoms with E-state index in [0.29, 0.717) is 17.8 Å². The van der Waals surface area contributed by atoms with Gasteiger partial charge in [-0.2, -0.15) is 0 Å². The molecule has 3 heterocycles. The predicted octanol–water partition coefficient (Wildman–Crippen LogP) is -0.0315. The van der Waals surface area contributed by atoms with Crippen LogP contribution >= 0.6 is 0 Å². The second-order valence-electron chi connectivity index (χ2n) is 5.03. The van der Waals surface area contributed by atoms with Gasteiger partial charge in [0.2, 0.25) is 0 Å². The summed E-state index contributed by atoms with van der Waals surface area (Å²) < 4.78 is 1.59. The molecule has 0 aromatic carbocycles. The highest BCUT2D eigenvalue weighted by Crippen LogP contribution is 2.26. The quantitative estimate of drug-likeness (QED) is 0.741. The van der Waals surface area contributed by atoms with Crippen molar-refractivity contribution in [3.63, 3.8) is 0 Å². The van der Waals surface area contributed by atoms with Crippen LogP contribution in [-0.2, 0) is 7.05 Å². The molecule has 2 fully saturated rings. The Balaban J connectivity index is 1.86. The number of nitrogens with one attached hydrogen (secondary N) is 1. The Kier molecular flexibility index (Phi) is 2.63. The molecule has 0 unspecified atom stereocenters. The third-order valence-electron chi connectivity index (χ3n) is 3.90. The Morgan fingerprint density at radius 3 is 3.18 bits per heavy atom. The molecule has 0 amide bonds. The van der Waals surface area contributed by atoms with Crippen LogP contribution in [0, 0.1) is 5.92 Å². The van der Waals surface area contributed by atoms with Crippen molar-refractivity contribution in [2.24, 2.45) is 13.0 Å². The summed E-state index contributed by atoms with van der Waals surface area (Å²) in [5, 5.41) is 3.54. The molecule has 1 aromatic heterocycles. The van der Waals surface area contributed by atoms with E-state index in [4.69, 9.17) is 0 Å². The number of hydrogen-bond donors (Lipinski definition) is 1. The molecular formula is C12H18N4O. The molecular weight excluding hydrogens is 216 g/mol. The van der Waals surface area contributed by atoms with E-state index in [-0.39, 0.29) is 5.56 Å². The van der Waals surface area contributed by atoms with Gasteiger partial charge in [-0.3, -0.25) is 4.79 Å². The summed E-state index contributed by atoms with van der Waals surface area (Å²) in [5.41, 5.74) is 0.00569. The molecule has 1 aromatic rings. The molecule has 3 rings (SSSR count). The number of anilines is 1. The van der Waals surface area contributed by atoms with Gasteiger partial charge in [-0.15, -0.1) is 0 Å². The van der Waals surface area contributed by atoms with Gasteiger partial charge in [-0.25, -0.2) is 4.98 Å². The summed E-state index contributed by atoms with van der Waals surface area (Å²) >= 11 is 0. The Morgan fingerprint density at radius 1 is 1.47 bits per heavy atom. The van der Waals surface area contributed by atoms with E-state index in [1.807, 2.05) is 0 Å². The van der Waals surface area contributed by atoms with Gasteiger partial charge in [-0.1, -0.05) is 0 Å². The SMILES string of the molecule is Cn1ccnc(N2C[C@@H]3CCCN[C@@H]3C2)c1=O. The lowest BCUT2D eigenvalue weighted by molar-refractivity contribution is 0.340. The fourth-order valence-electron chi connectivity index (χ4n) is 2.92. The minimum Gasteiger partial charge on any atom is -0.350 e. The predicted molar refractivity (Wildman–Crippen MR) is 66.2 cm³/mol. The monoisotopic (exact) mass is 234 g/mol. The Labute approximate surface area is 100 Å². The molecule has 17 heavy (non-hydrogen) atoms. The maximum Gasteiger partial charge on any atom is 0.293 e. The van der Waals surface area contributed by atoms with Crippen molar-refractivity contribution >= 4 is 5.82 Å². The van der Waals surface area contributed by atoms with Gasteiger partial charge in [0.05, 0.1) is 0 Å². The lowest BCUT2D eigenvalue weighted by Crippen LogP contribution is -2.41. The van der Waals surface area contributed by atoms with Crippen LogP contribution in [0.2, 0.25) is 0 Å². The molecule has 1 N–H and O–H groups in total. The maximum atomic E-state index is 12.0. The third kappa shape index (κ3) is 1.84. The minimum absolute atomic E-state index is 0.00569. The average molecular weight is 234 g/mol. The molecule has 92 valence electrons. The largest absolute Gasteiger partial charge is 0.350 e. The van der Waals surface area contributed by atoms with Crippen molar-refractivity contribution in [1.82, 2.24) is 14.9 Å². The molecule has 0 aliphatic carbocycles. The molecule has 5 heteroatoms. The summed E-state index contributed by atoms with van der Waals surface area (Å²) in [5.74, 6) is 1.28. The first-order chi connectivity index (χ1) is 8.25. The van der Waals surface area contributed by atoms with E-state index in [1.54, 1.807) is 24.0 Å². The average Bonchev–Trinajstić information content (AvgIpc) is 2.76. The molecule has 2 atom stereocenters. The molecule has 0 radical (unpaired) electrons. The zero-order valence-electron chi connectivity index (χ0n) is 10.1. The van der Waals surface area contributed by atoms with Crippen LogP contribution < -0.4 is 15.8 Å². The van der Waals surface area contributed by atoms with Crippen molar-refractivity contribution in [2.45, 2.75) is 18.9 Å². The number of piperidine rings is 1. The summed E-state index contributed by atoms with van der Waals surface area (Å²) in [6, 6.07) is 0.537. The van der Waals surface area contributed by atoms with Gasteiger partial charge >= 0.3 is 0 Å². The van der Waals surface area contributed by atoms with Crippen LogP contribution in [0.1, 0.15) is 12.8 Å². The van der Waals surface area contributed by atoms with Gasteiger partial charge in [0, 0.05) is 38.6 Å². The number of aryl methyl sites for hydroxylation is 1. The van der Waals surface area contributed by atoms with Crippen molar-refractivity contribution < 1.29 is 0 Å². The van der Waals surface area contributed by atoms with Crippen LogP contribution in [-0.4, -0.2) is 35.2 Å². The van der Waals surface area contributed by atoms with Crippen LogP contribution in [0.5, 0.6) is 0 Å². The van der Waals surface area contributed by atoms with E-state index in [0.717, 1.165) is 19.6 Å². The van der Waals surface area contributed by atoms with Crippen molar-refractivity contribution in [1.29, 1.82) is 0 Å². The van der Waals surface area contributed by atoms with E-state index in [2.05, 4.69) is 15.2 Å². The Hall–Kier alpha value is -1.36. The van der Waals surface area contributed by atoms with Gasteiger partial charge in [0.1, 0.15) is 0 Å². The van der Waals surface area contributed by atoms with E-state index in [9.17, 15) is 4.79 Å². The zero-order valence-corrected chi connectivity index (χ0v) is 10.1. The van der Waals surface area contributed by atoms with Crippen LogP contribution in [0.4, 0.5) is 5.82 Å². The third-order valence-corrected chi connectivity index (χ3v) is 3.90. The first-order valence-electron chi connectivity index (χ1n) is 6.25. The standard InChI is InChI=1S/C12H18N4O/c1-15-6-5-14-11(12(15)17)16-7-9-3-2-4-13-10(9)8-16/h5-6,9-10,13H,2-4,7-8H2,1H3/t9-,10+/m0/s1. The summed E-state index contributed by atoms with van der Waals surface area (Å²) in [6.45, 7) is 2.98. The lowest BCUT2D eigenvalue weighted by atomic mass is 9.94. The molecule has 2 saturated heterocycles. The number of hydrogen-bond acceptors (Lipinski definition) is 4. The van der Waals surface area contributed by atoms with Crippen molar-refractivity contribution in [2.75, 3.05) is 24.5 Å².